The number of hydrogen-bond donors (Lipinski definition) is 2. The van der Waals surface area contributed by atoms with Crippen molar-refractivity contribution < 1.29 is 14.7 Å². The van der Waals surface area contributed by atoms with E-state index in [2.05, 4.69) is 5.32 Å². The summed E-state index contributed by atoms with van der Waals surface area (Å²) in [7, 11) is 0. The Morgan fingerprint density at radius 1 is 1.11 bits per heavy atom. The van der Waals surface area contributed by atoms with Gasteiger partial charge in [0.05, 0.1) is 0 Å². The van der Waals surface area contributed by atoms with Crippen molar-refractivity contribution in [1.82, 2.24) is 5.32 Å². The standard InChI is InChI=1S/C15H17NO3/c17-13(16-15(14(18)19)7-2-8-15)12-6-5-10-3-1-4-11(10)9-12/h5-6,9H,1-4,7-8H2,(H,16,17)(H,18,19). The lowest BCUT2D eigenvalue weighted by Crippen LogP contribution is -2.59. The molecule has 3 rings (SSSR count). The van der Waals surface area contributed by atoms with Crippen molar-refractivity contribution in [1.29, 1.82) is 0 Å². The first-order valence-electron chi connectivity index (χ1n) is 6.78. The van der Waals surface area contributed by atoms with Crippen LogP contribution in [0.1, 0.15) is 47.2 Å². The lowest BCUT2D eigenvalue weighted by atomic mass is 9.76. The van der Waals surface area contributed by atoms with Gasteiger partial charge in [-0.15, -0.1) is 0 Å². The summed E-state index contributed by atoms with van der Waals surface area (Å²) in [6, 6.07) is 5.70. The van der Waals surface area contributed by atoms with E-state index >= 15 is 0 Å². The average Bonchev–Trinajstić information content (AvgIpc) is 2.79. The van der Waals surface area contributed by atoms with Gasteiger partial charge < -0.3 is 10.4 Å². The van der Waals surface area contributed by atoms with Crippen LogP contribution in [0.4, 0.5) is 0 Å². The fourth-order valence-electron chi connectivity index (χ4n) is 2.93. The summed E-state index contributed by atoms with van der Waals surface area (Å²) in [6.07, 6.45) is 5.14. The Morgan fingerprint density at radius 2 is 1.84 bits per heavy atom. The average molecular weight is 259 g/mol. The van der Waals surface area contributed by atoms with Crippen molar-refractivity contribution in [2.24, 2.45) is 0 Å². The molecule has 0 saturated heterocycles. The Hall–Kier alpha value is -1.84. The SMILES string of the molecule is O=C(NC1(C(=O)O)CCC1)c1ccc2c(c1)CCC2. The summed E-state index contributed by atoms with van der Waals surface area (Å²) in [6.45, 7) is 0. The molecule has 4 heteroatoms. The van der Waals surface area contributed by atoms with E-state index in [1.807, 2.05) is 12.1 Å². The van der Waals surface area contributed by atoms with Crippen LogP contribution < -0.4 is 5.32 Å². The highest BCUT2D eigenvalue weighted by atomic mass is 16.4. The van der Waals surface area contributed by atoms with Crippen LogP contribution in [0.3, 0.4) is 0 Å². The normalized spacial score (nSPS) is 19.4. The Kier molecular flexibility index (Phi) is 2.81. The number of rotatable bonds is 3. The van der Waals surface area contributed by atoms with Gasteiger partial charge in [0.2, 0.25) is 0 Å². The first-order valence-corrected chi connectivity index (χ1v) is 6.78. The van der Waals surface area contributed by atoms with Crippen molar-refractivity contribution in [2.45, 2.75) is 44.1 Å². The molecule has 0 radical (unpaired) electrons. The molecule has 100 valence electrons. The van der Waals surface area contributed by atoms with Crippen LogP contribution in [0.2, 0.25) is 0 Å². The van der Waals surface area contributed by atoms with E-state index in [9.17, 15) is 14.7 Å². The second kappa shape index (κ2) is 4.37. The fourth-order valence-corrected chi connectivity index (χ4v) is 2.93. The van der Waals surface area contributed by atoms with E-state index in [0.29, 0.717) is 18.4 Å². The van der Waals surface area contributed by atoms with Crippen molar-refractivity contribution in [2.75, 3.05) is 0 Å². The molecule has 2 aliphatic carbocycles. The monoisotopic (exact) mass is 259 g/mol. The molecule has 0 spiro atoms. The van der Waals surface area contributed by atoms with Gasteiger partial charge >= 0.3 is 5.97 Å². The van der Waals surface area contributed by atoms with Crippen LogP contribution in [-0.2, 0) is 17.6 Å². The number of carboxylic acid groups (broad SMARTS) is 1. The van der Waals surface area contributed by atoms with Gasteiger partial charge in [-0.25, -0.2) is 4.79 Å². The number of hydrogen-bond acceptors (Lipinski definition) is 2. The minimum atomic E-state index is -1.03. The van der Waals surface area contributed by atoms with Crippen LogP contribution in [0.5, 0.6) is 0 Å². The zero-order chi connectivity index (χ0) is 13.5. The number of carbonyl (C=O) groups excluding carboxylic acids is 1. The number of carboxylic acids is 1. The topological polar surface area (TPSA) is 66.4 Å². The van der Waals surface area contributed by atoms with Gasteiger partial charge in [0, 0.05) is 5.56 Å². The predicted octanol–water partition coefficient (Wildman–Crippen LogP) is 1.91. The Bertz CT molecular complexity index is 546. The molecule has 0 atom stereocenters. The largest absolute Gasteiger partial charge is 0.480 e. The number of aryl methyl sites for hydroxylation is 2. The molecule has 0 unspecified atom stereocenters. The molecule has 1 aromatic rings. The van der Waals surface area contributed by atoms with E-state index in [1.54, 1.807) is 6.07 Å². The third-order valence-electron chi connectivity index (χ3n) is 4.33. The van der Waals surface area contributed by atoms with E-state index in [0.717, 1.165) is 25.7 Å². The highest BCUT2D eigenvalue weighted by molar-refractivity contribution is 5.98. The zero-order valence-electron chi connectivity index (χ0n) is 10.7. The maximum atomic E-state index is 12.2. The smallest absolute Gasteiger partial charge is 0.329 e. The van der Waals surface area contributed by atoms with Crippen LogP contribution in [0.15, 0.2) is 18.2 Å². The van der Waals surface area contributed by atoms with Crippen LogP contribution >= 0.6 is 0 Å². The lowest BCUT2D eigenvalue weighted by molar-refractivity contribution is -0.148. The van der Waals surface area contributed by atoms with Crippen molar-refractivity contribution in [3.63, 3.8) is 0 Å². The van der Waals surface area contributed by atoms with Crippen molar-refractivity contribution >= 4 is 11.9 Å². The molecular weight excluding hydrogens is 242 g/mol. The molecule has 1 fully saturated rings. The zero-order valence-corrected chi connectivity index (χ0v) is 10.7. The highest BCUT2D eigenvalue weighted by Gasteiger charge is 2.45. The number of carbonyl (C=O) groups is 2. The number of nitrogens with one attached hydrogen (secondary N) is 1. The number of amides is 1. The molecule has 19 heavy (non-hydrogen) atoms. The molecule has 0 bridgehead atoms. The van der Waals surface area contributed by atoms with Gasteiger partial charge in [-0.2, -0.15) is 0 Å². The lowest BCUT2D eigenvalue weighted by Gasteiger charge is -2.38. The summed E-state index contributed by atoms with van der Waals surface area (Å²) < 4.78 is 0. The summed E-state index contributed by atoms with van der Waals surface area (Å²) in [5, 5.41) is 11.9. The summed E-state index contributed by atoms with van der Waals surface area (Å²) in [4.78, 5) is 23.4. The quantitative estimate of drug-likeness (QED) is 0.871. The molecule has 0 heterocycles. The number of fused-ring (bicyclic) bond motifs is 1. The Morgan fingerprint density at radius 3 is 2.47 bits per heavy atom. The van der Waals surface area contributed by atoms with Crippen LogP contribution in [0, 0.1) is 0 Å². The van der Waals surface area contributed by atoms with Gasteiger partial charge in [0.1, 0.15) is 5.54 Å². The minimum Gasteiger partial charge on any atom is -0.480 e. The third kappa shape index (κ3) is 2.01. The molecule has 2 N–H and O–H groups in total. The Labute approximate surface area is 111 Å². The minimum absolute atomic E-state index is 0.267. The fraction of sp³-hybridized carbons (Fsp3) is 0.467. The van der Waals surface area contributed by atoms with Gasteiger partial charge in [-0.1, -0.05) is 6.07 Å². The Balaban J connectivity index is 1.79. The molecule has 0 aliphatic heterocycles. The summed E-state index contributed by atoms with van der Waals surface area (Å²) >= 11 is 0. The number of aliphatic carboxylic acids is 1. The maximum absolute atomic E-state index is 12.2. The molecular formula is C15H17NO3. The molecule has 2 aliphatic rings. The van der Waals surface area contributed by atoms with E-state index in [4.69, 9.17) is 0 Å². The van der Waals surface area contributed by atoms with Crippen molar-refractivity contribution in [3.8, 4) is 0 Å². The van der Waals surface area contributed by atoms with Crippen molar-refractivity contribution in [3.05, 3.63) is 34.9 Å². The molecule has 1 amide bonds. The van der Waals surface area contributed by atoms with E-state index in [1.165, 1.54) is 11.1 Å². The van der Waals surface area contributed by atoms with E-state index in [-0.39, 0.29) is 5.91 Å². The van der Waals surface area contributed by atoms with E-state index < -0.39 is 11.5 Å². The summed E-state index contributed by atoms with van der Waals surface area (Å²) in [5.41, 5.74) is 2.09. The second-order valence-corrected chi connectivity index (χ2v) is 5.53. The van der Waals surface area contributed by atoms with Gasteiger partial charge in [0.25, 0.3) is 5.91 Å². The van der Waals surface area contributed by atoms with Gasteiger partial charge in [-0.05, 0) is 61.8 Å². The molecule has 0 aromatic heterocycles. The predicted molar refractivity (Wildman–Crippen MR) is 70.2 cm³/mol. The summed E-state index contributed by atoms with van der Waals surface area (Å²) in [5.74, 6) is -1.19. The van der Waals surface area contributed by atoms with Gasteiger partial charge in [0.15, 0.2) is 0 Å². The van der Waals surface area contributed by atoms with Crippen LogP contribution in [-0.4, -0.2) is 22.5 Å². The first kappa shape index (κ1) is 12.2. The second-order valence-electron chi connectivity index (χ2n) is 5.53. The molecule has 1 aromatic carbocycles. The number of benzene rings is 1. The third-order valence-corrected chi connectivity index (χ3v) is 4.33. The molecule has 4 nitrogen and oxygen atoms in total. The maximum Gasteiger partial charge on any atom is 0.329 e. The van der Waals surface area contributed by atoms with Crippen LogP contribution in [0.25, 0.3) is 0 Å². The molecule has 1 saturated carbocycles. The first-order chi connectivity index (χ1) is 9.11. The highest BCUT2D eigenvalue weighted by Crippen LogP contribution is 2.32. The van der Waals surface area contributed by atoms with Gasteiger partial charge in [-0.3, -0.25) is 4.79 Å².